The van der Waals surface area contributed by atoms with E-state index < -0.39 is 15.4 Å². The lowest BCUT2D eigenvalue weighted by atomic mass is 9.76. The minimum atomic E-state index is -3.08. The van der Waals surface area contributed by atoms with Crippen LogP contribution in [0.1, 0.15) is 41.6 Å². The Kier molecular flexibility index (Phi) is 6.58. The number of nitrogens with one attached hydrogen (secondary N) is 2. The summed E-state index contributed by atoms with van der Waals surface area (Å²) in [6.07, 6.45) is 3.32. The third kappa shape index (κ3) is 5.69. The molecule has 0 aromatic heterocycles. The zero-order chi connectivity index (χ0) is 24.5. The van der Waals surface area contributed by atoms with Crippen LogP contribution in [0.25, 0.3) is 0 Å². The van der Waals surface area contributed by atoms with Gasteiger partial charge in [-0.15, -0.1) is 0 Å². The van der Waals surface area contributed by atoms with Crippen molar-refractivity contribution in [2.75, 3.05) is 31.1 Å². The first-order chi connectivity index (χ1) is 16.8. The third-order valence-electron chi connectivity index (χ3n) is 7.32. The lowest BCUT2D eigenvalue weighted by Gasteiger charge is -2.44. The van der Waals surface area contributed by atoms with E-state index in [9.17, 15) is 18.3 Å². The van der Waals surface area contributed by atoms with Gasteiger partial charge in [0.2, 0.25) is 0 Å². The molecule has 4 heterocycles. The quantitative estimate of drug-likeness (QED) is 0.554. The number of hydrogen-bond donors (Lipinski definition) is 3. The minimum Gasteiger partial charge on any atom is -0.457 e. The highest BCUT2D eigenvalue weighted by Gasteiger charge is 2.47. The first kappa shape index (κ1) is 23.9. The topological polar surface area (TPSA) is 97.1 Å². The molecule has 1 amide bonds. The summed E-state index contributed by atoms with van der Waals surface area (Å²) >= 11 is 0. The van der Waals surface area contributed by atoms with Crippen LogP contribution in [0.3, 0.4) is 0 Å². The Balaban J connectivity index is 1.17. The van der Waals surface area contributed by atoms with Gasteiger partial charge in [-0.25, -0.2) is 8.42 Å². The number of ether oxygens (including phenoxy) is 1. The van der Waals surface area contributed by atoms with Gasteiger partial charge in [-0.3, -0.25) is 4.79 Å². The molecule has 6 rings (SSSR count). The van der Waals surface area contributed by atoms with Crippen molar-refractivity contribution in [3.63, 3.8) is 0 Å². The molecule has 184 valence electrons. The van der Waals surface area contributed by atoms with Gasteiger partial charge in [0.05, 0.1) is 24.6 Å². The molecule has 2 aromatic rings. The van der Waals surface area contributed by atoms with Gasteiger partial charge in [0.25, 0.3) is 5.91 Å². The van der Waals surface area contributed by atoms with Crippen molar-refractivity contribution >= 4 is 15.7 Å². The Morgan fingerprint density at radius 3 is 2.29 bits per heavy atom. The van der Waals surface area contributed by atoms with E-state index in [0.29, 0.717) is 36.4 Å². The summed E-state index contributed by atoms with van der Waals surface area (Å²) < 4.78 is 29.5. The fourth-order valence-corrected chi connectivity index (χ4v) is 6.99. The number of carbonyl (C=O) groups is 1. The third-order valence-corrected chi connectivity index (χ3v) is 9.14. The van der Waals surface area contributed by atoms with E-state index in [4.69, 9.17) is 4.74 Å². The molecular weight excluding hydrogens is 464 g/mol. The summed E-state index contributed by atoms with van der Waals surface area (Å²) in [6, 6.07) is 13.8. The maximum Gasteiger partial charge on any atom is 0.251 e. The van der Waals surface area contributed by atoms with Crippen molar-refractivity contribution < 1.29 is 28.0 Å². The molecule has 0 spiro atoms. The van der Waals surface area contributed by atoms with Gasteiger partial charge < -0.3 is 20.1 Å². The summed E-state index contributed by atoms with van der Waals surface area (Å²) in [6.45, 7) is 2.98. The molecule has 2 aromatic carbocycles. The van der Waals surface area contributed by atoms with Crippen LogP contribution in [-0.4, -0.2) is 62.2 Å². The number of piperidine rings is 3. The molecule has 0 aliphatic carbocycles. The molecule has 8 heteroatoms. The van der Waals surface area contributed by atoms with Crippen LogP contribution < -0.4 is 15.0 Å². The highest BCUT2D eigenvalue weighted by molar-refractivity contribution is 7.91. The fourth-order valence-electron chi connectivity index (χ4n) is 5.35. The number of aliphatic hydroxyl groups is 1. The predicted molar refractivity (Wildman–Crippen MR) is 132 cm³/mol. The summed E-state index contributed by atoms with van der Waals surface area (Å²) in [5.74, 6) is 7.69. The minimum absolute atomic E-state index is 0.000338. The average molecular weight is 496 g/mol. The standard InChI is InChI=1S/C27H30N2O5S/c30-26(28-23-2-1-17-35(32,33)18-23)21-5-9-25(10-6-21)34-24-7-3-20(4-8-24)11-14-27(31)19-29-15-12-22(27)13-16-29/h3-10,22-23,31H,1-2,12-13,15-19H2,(H,28,30)/p+1/t23-,27-/m0/s1. The zero-order valence-electron chi connectivity index (χ0n) is 19.6. The van der Waals surface area contributed by atoms with Gasteiger partial charge in [-0.05, 0) is 61.4 Å². The number of amides is 1. The van der Waals surface area contributed by atoms with Gasteiger partial charge in [-0.2, -0.15) is 0 Å². The first-order valence-electron chi connectivity index (χ1n) is 12.3. The SMILES string of the molecule is O=C(N[C@H]1CCCS(=O)(=O)C1)c1ccc(Oc2ccc(C#C[C@]3(O)C[NH+]4CCC3CC4)cc2)cc1. The summed E-state index contributed by atoms with van der Waals surface area (Å²) in [7, 11) is -3.08. The Hall–Kier alpha value is -2.86. The van der Waals surface area contributed by atoms with Crippen LogP contribution in [0, 0.1) is 17.8 Å². The Labute approximate surface area is 206 Å². The first-order valence-corrected chi connectivity index (χ1v) is 14.1. The summed E-state index contributed by atoms with van der Waals surface area (Å²) in [5.41, 5.74) is 0.396. The van der Waals surface area contributed by atoms with Gasteiger partial charge in [-0.1, -0.05) is 11.8 Å². The number of benzene rings is 2. The molecule has 3 N–H and O–H groups in total. The molecule has 0 radical (unpaired) electrons. The smallest absolute Gasteiger partial charge is 0.251 e. The second-order valence-electron chi connectivity index (χ2n) is 9.95. The number of rotatable bonds is 4. The predicted octanol–water partition coefficient (Wildman–Crippen LogP) is 1.18. The number of carbonyl (C=O) groups excluding carboxylic acids is 1. The second kappa shape index (κ2) is 9.65. The van der Waals surface area contributed by atoms with Gasteiger partial charge in [0.15, 0.2) is 15.4 Å². The van der Waals surface area contributed by atoms with Crippen molar-refractivity contribution in [1.82, 2.24) is 5.32 Å². The van der Waals surface area contributed by atoms with Crippen LogP contribution in [0.2, 0.25) is 0 Å². The van der Waals surface area contributed by atoms with Crippen LogP contribution >= 0.6 is 0 Å². The molecule has 4 saturated heterocycles. The van der Waals surface area contributed by atoms with Gasteiger partial charge in [0.1, 0.15) is 18.0 Å². The van der Waals surface area contributed by atoms with Crippen molar-refractivity contribution in [3.05, 3.63) is 59.7 Å². The Bertz CT molecular complexity index is 1240. The van der Waals surface area contributed by atoms with E-state index in [2.05, 4.69) is 17.2 Å². The monoisotopic (exact) mass is 495 g/mol. The molecule has 0 unspecified atom stereocenters. The molecule has 35 heavy (non-hydrogen) atoms. The lowest BCUT2D eigenvalue weighted by molar-refractivity contribution is -0.923. The Morgan fingerprint density at radius 1 is 1.03 bits per heavy atom. The van der Waals surface area contributed by atoms with E-state index >= 15 is 0 Å². The van der Waals surface area contributed by atoms with E-state index in [0.717, 1.165) is 31.5 Å². The van der Waals surface area contributed by atoms with E-state index in [1.165, 1.54) is 4.90 Å². The number of fused-ring (bicyclic) bond motifs is 3. The molecule has 2 atom stereocenters. The number of sulfone groups is 1. The number of quaternary nitrogens is 1. The maximum absolute atomic E-state index is 12.5. The molecule has 2 bridgehead atoms. The van der Waals surface area contributed by atoms with Crippen molar-refractivity contribution in [2.45, 2.75) is 37.3 Å². The largest absolute Gasteiger partial charge is 0.457 e. The molecule has 7 nitrogen and oxygen atoms in total. The zero-order valence-corrected chi connectivity index (χ0v) is 20.4. The second-order valence-corrected chi connectivity index (χ2v) is 12.2. The molecule has 0 saturated carbocycles. The van der Waals surface area contributed by atoms with Crippen molar-refractivity contribution in [2.24, 2.45) is 5.92 Å². The summed E-state index contributed by atoms with van der Waals surface area (Å²) in [5, 5.41) is 13.8. The highest BCUT2D eigenvalue weighted by atomic mass is 32.2. The van der Waals surface area contributed by atoms with Crippen molar-refractivity contribution in [3.8, 4) is 23.3 Å². The normalized spacial score (nSPS) is 29.0. The van der Waals surface area contributed by atoms with Crippen molar-refractivity contribution in [1.29, 1.82) is 0 Å². The lowest BCUT2D eigenvalue weighted by Crippen LogP contribution is -3.17. The van der Waals surface area contributed by atoms with Crippen LogP contribution in [0.4, 0.5) is 0 Å². The van der Waals surface area contributed by atoms with Crippen LogP contribution in [-0.2, 0) is 9.84 Å². The number of hydrogen-bond acceptors (Lipinski definition) is 5. The van der Waals surface area contributed by atoms with Crippen LogP contribution in [0.15, 0.2) is 48.5 Å². The van der Waals surface area contributed by atoms with Gasteiger partial charge in [0, 0.05) is 35.9 Å². The highest BCUT2D eigenvalue weighted by Crippen LogP contribution is 2.28. The van der Waals surface area contributed by atoms with E-state index in [-0.39, 0.29) is 29.4 Å². The van der Waals surface area contributed by atoms with E-state index in [1.54, 1.807) is 24.3 Å². The molecule has 4 aliphatic rings. The molecule has 4 aliphatic heterocycles. The van der Waals surface area contributed by atoms with Crippen LogP contribution in [0.5, 0.6) is 11.5 Å². The Morgan fingerprint density at radius 2 is 1.69 bits per heavy atom. The van der Waals surface area contributed by atoms with Gasteiger partial charge >= 0.3 is 0 Å². The fraction of sp³-hybridized carbons (Fsp3) is 0.444. The molecular formula is C27H31N2O5S+. The average Bonchev–Trinajstić information content (AvgIpc) is 2.84. The summed E-state index contributed by atoms with van der Waals surface area (Å²) in [4.78, 5) is 13.9. The molecule has 4 fully saturated rings. The van der Waals surface area contributed by atoms with E-state index in [1.807, 2.05) is 24.3 Å². The maximum atomic E-state index is 12.5.